The van der Waals surface area contributed by atoms with Crippen molar-refractivity contribution in [2.45, 2.75) is 112 Å². The molecule has 0 bridgehead atoms. The number of fused-ring (bicyclic) bond motifs is 5. The lowest BCUT2D eigenvalue weighted by molar-refractivity contribution is -0.105. The fourth-order valence-corrected chi connectivity index (χ4v) is 9.18. The average molecular weight is 402 g/mol. The first-order valence-corrected chi connectivity index (χ1v) is 13.0. The van der Waals surface area contributed by atoms with E-state index < -0.39 is 0 Å². The van der Waals surface area contributed by atoms with E-state index in [4.69, 9.17) is 0 Å². The molecule has 8 atom stereocenters. The lowest BCUT2D eigenvalue weighted by Gasteiger charge is -2.60. The predicted octanol–water partition coefficient (Wildman–Crippen LogP) is 7.94. The molecule has 0 spiro atoms. The van der Waals surface area contributed by atoms with Crippen LogP contribution in [0.25, 0.3) is 0 Å². The third-order valence-corrected chi connectivity index (χ3v) is 10.8. The first-order valence-electron chi connectivity index (χ1n) is 13.0. The van der Waals surface area contributed by atoms with Crippen LogP contribution < -0.4 is 0 Å². The van der Waals surface area contributed by atoms with Crippen LogP contribution in [0.1, 0.15) is 112 Å². The minimum absolute atomic E-state index is 0.499. The highest BCUT2D eigenvalue weighted by Crippen LogP contribution is 2.68. The Kier molecular flexibility index (Phi) is 6.13. The molecule has 29 heavy (non-hydrogen) atoms. The molecule has 0 radical (unpaired) electrons. The molecule has 4 saturated carbocycles. The minimum atomic E-state index is 0.499. The van der Waals surface area contributed by atoms with Crippen molar-refractivity contribution >= 4 is 5.71 Å². The van der Waals surface area contributed by atoms with Crippen molar-refractivity contribution in [1.82, 2.24) is 0 Å². The summed E-state index contributed by atoms with van der Waals surface area (Å²) in [5.41, 5.74) is 2.18. The number of nitrogens with zero attached hydrogens (tertiary/aromatic N) is 1. The van der Waals surface area contributed by atoms with Gasteiger partial charge in [0.05, 0.1) is 5.71 Å². The van der Waals surface area contributed by atoms with E-state index in [1.165, 1.54) is 64.2 Å². The zero-order valence-corrected chi connectivity index (χ0v) is 19.9. The largest absolute Gasteiger partial charge is 0.411 e. The van der Waals surface area contributed by atoms with Gasteiger partial charge in [-0.2, -0.15) is 0 Å². The lowest BCUT2D eigenvalue weighted by Crippen LogP contribution is -2.53. The Hall–Kier alpha value is -0.530. The molecule has 4 aliphatic rings. The van der Waals surface area contributed by atoms with Crippen LogP contribution in [0.3, 0.4) is 0 Å². The minimum Gasteiger partial charge on any atom is -0.411 e. The Bertz CT molecular complexity index is 612. The summed E-state index contributed by atoms with van der Waals surface area (Å²) in [6.07, 6.45) is 16.4. The van der Waals surface area contributed by atoms with Gasteiger partial charge in [0.1, 0.15) is 0 Å². The summed E-state index contributed by atoms with van der Waals surface area (Å²) >= 11 is 0. The Labute approximate surface area is 180 Å². The number of hydrogen-bond donors (Lipinski definition) is 1. The summed E-state index contributed by atoms with van der Waals surface area (Å²) < 4.78 is 0. The molecule has 2 nitrogen and oxygen atoms in total. The molecule has 166 valence electrons. The Morgan fingerprint density at radius 3 is 2.41 bits per heavy atom. The molecule has 4 rings (SSSR count). The molecule has 0 amide bonds. The van der Waals surface area contributed by atoms with E-state index in [0.29, 0.717) is 10.8 Å². The molecule has 0 heterocycles. The predicted molar refractivity (Wildman–Crippen MR) is 122 cm³/mol. The topological polar surface area (TPSA) is 32.6 Å². The fraction of sp³-hybridized carbons (Fsp3) is 0.963. The highest BCUT2D eigenvalue weighted by atomic mass is 16.4. The van der Waals surface area contributed by atoms with Crippen LogP contribution in [0.2, 0.25) is 0 Å². The highest BCUT2D eigenvalue weighted by Gasteiger charge is 2.60. The quantitative estimate of drug-likeness (QED) is 0.368. The van der Waals surface area contributed by atoms with E-state index in [1.54, 1.807) is 0 Å². The van der Waals surface area contributed by atoms with Crippen molar-refractivity contribution in [3.63, 3.8) is 0 Å². The van der Waals surface area contributed by atoms with Crippen LogP contribution in [0.15, 0.2) is 5.16 Å². The Morgan fingerprint density at radius 1 is 0.931 bits per heavy atom. The van der Waals surface area contributed by atoms with Gasteiger partial charge in [-0.25, -0.2) is 0 Å². The van der Waals surface area contributed by atoms with Crippen LogP contribution in [-0.4, -0.2) is 10.9 Å². The summed E-state index contributed by atoms with van der Waals surface area (Å²) in [5.74, 6) is 6.36. The van der Waals surface area contributed by atoms with E-state index in [-0.39, 0.29) is 0 Å². The van der Waals surface area contributed by atoms with Crippen molar-refractivity contribution in [1.29, 1.82) is 0 Å². The molecule has 0 aliphatic heterocycles. The maximum absolute atomic E-state index is 9.32. The summed E-state index contributed by atoms with van der Waals surface area (Å²) in [6.45, 7) is 12.6. The molecule has 1 N–H and O–H groups in total. The smallest absolute Gasteiger partial charge is 0.0574 e. The van der Waals surface area contributed by atoms with Gasteiger partial charge in [0.2, 0.25) is 0 Å². The first kappa shape index (κ1) is 21.7. The fourth-order valence-electron chi connectivity index (χ4n) is 9.18. The third-order valence-electron chi connectivity index (χ3n) is 10.8. The SMILES string of the molecule is CC(C)CCC[C@@H](C)[C@H]1CC[C@H]2[C@@H]3CCC4CC(=NO)CC[C@]4(C)[C@H]3CC[C@]12C. The van der Waals surface area contributed by atoms with E-state index in [1.807, 2.05) is 0 Å². The molecule has 0 aromatic carbocycles. The first-order chi connectivity index (χ1) is 13.8. The maximum Gasteiger partial charge on any atom is 0.0574 e. The van der Waals surface area contributed by atoms with Gasteiger partial charge in [0.15, 0.2) is 0 Å². The molecule has 0 aromatic heterocycles. The van der Waals surface area contributed by atoms with E-state index >= 15 is 0 Å². The molecule has 0 saturated heterocycles. The van der Waals surface area contributed by atoms with Crippen LogP contribution in [0, 0.1) is 52.3 Å². The summed E-state index contributed by atoms with van der Waals surface area (Å²) in [5, 5.41) is 12.9. The van der Waals surface area contributed by atoms with Gasteiger partial charge in [-0.1, -0.05) is 59.0 Å². The summed E-state index contributed by atoms with van der Waals surface area (Å²) in [4.78, 5) is 0. The third kappa shape index (κ3) is 3.69. The van der Waals surface area contributed by atoms with Crippen LogP contribution in [0.5, 0.6) is 0 Å². The zero-order chi connectivity index (χ0) is 20.8. The Morgan fingerprint density at radius 2 is 1.69 bits per heavy atom. The van der Waals surface area contributed by atoms with E-state index in [0.717, 1.165) is 60.0 Å². The van der Waals surface area contributed by atoms with Crippen LogP contribution in [-0.2, 0) is 0 Å². The lowest BCUT2D eigenvalue weighted by atomic mass is 9.44. The van der Waals surface area contributed by atoms with Gasteiger partial charge < -0.3 is 5.21 Å². The molecule has 1 unspecified atom stereocenters. The second kappa shape index (κ2) is 8.19. The van der Waals surface area contributed by atoms with Crippen molar-refractivity contribution in [3.8, 4) is 0 Å². The highest BCUT2D eigenvalue weighted by molar-refractivity contribution is 5.85. The second-order valence-corrected chi connectivity index (χ2v) is 12.6. The number of oxime groups is 1. The molecule has 4 fully saturated rings. The number of hydrogen-bond acceptors (Lipinski definition) is 2. The maximum atomic E-state index is 9.32. The van der Waals surface area contributed by atoms with Crippen molar-refractivity contribution in [3.05, 3.63) is 0 Å². The van der Waals surface area contributed by atoms with Crippen molar-refractivity contribution in [2.75, 3.05) is 0 Å². The average Bonchev–Trinajstić information content (AvgIpc) is 3.04. The van der Waals surface area contributed by atoms with E-state index in [2.05, 4.69) is 39.8 Å². The van der Waals surface area contributed by atoms with Gasteiger partial charge in [0, 0.05) is 0 Å². The number of rotatable bonds is 5. The van der Waals surface area contributed by atoms with Gasteiger partial charge in [0.25, 0.3) is 0 Å². The van der Waals surface area contributed by atoms with Gasteiger partial charge >= 0.3 is 0 Å². The molecular weight excluding hydrogens is 354 g/mol. The molecule has 4 aliphatic carbocycles. The summed E-state index contributed by atoms with van der Waals surface area (Å²) in [6, 6.07) is 0. The molecule has 0 aromatic rings. The second-order valence-electron chi connectivity index (χ2n) is 12.6. The normalized spacial score (nSPS) is 47.0. The standard InChI is InChI=1S/C27H47NO/c1-18(2)7-6-8-19(3)23-11-12-24-22-10-9-20-17-21(28-29)13-15-26(20,4)25(22)14-16-27(23,24)5/h18-20,22-25,29H,6-17H2,1-5H3/t19-,20?,22+,23-,24+,25+,26+,27-/m1/s1. The van der Waals surface area contributed by atoms with Gasteiger partial charge in [-0.3, -0.25) is 0 Å². The van der Waals surface area contributed by atoms with Crippen molar-refractivity contribution in [2.24, 2.45) is 57.4 Å². The summed E-state index contributed by atoms with van der Waals surface area (Å²) in [7, 11) is 0. The zero-order valence-electron chi connectivity index (χ0n) is 19.9. The Balaban J connectivity index is 1.46. The monoisotopic (exact) mass is 401 g/mol. The van der Waals surface area contributed by atoms with Crippen molar-refractivity contribution < 1.29 is 5.21 Å². The van der Waals surface area contributed by atoms with Gasteiger partial charge in [-0.15, -0.1) is 0 Å². The van der Waals surface area contributed by atoms with Crippen LogP contribution >= 0.6 is 0 Å². The molecule has 2 heteroatoms. The van der Waals surface area contributed by atoms with Gasteiger partial charge in [-0.05, 0) is 110 Å². The van der Waals surface area contributed by atoms with Crippen LogP contribution in [0.4, 0.5) is 0 Å². The molecular formula is C27H47NO. The van der Waals surface area contributed by atoms with E-state index in [9.17, 15) is 5.21 Å².